The van der Waals surface area contributed by atoms with Gasteiger partial charge in [0.15, 0.2) is 12.4 Å². The number of carbonyl (C=O) groups excluding carboxylic acids is 2. The van der Waals surface area contributed by atoms with Crippen LogP contribution in [0.2, 0.25) is 0 Å². The van der Waals surface area contributed by atoms with Crippen molar-refractivity contribution in [3.05, 3.63) is 0 Å². The highest BCUT2D eigenvalue weighted by Crippen LogP contribution is 2.15. The molecule has 4 atom stereocenters. The average Bonchev–Trinajstić information content (AvgIpc) is 2.78. The van der Waals surface area contributed by atoms with Gasteiger partial charge >= 0.3 is 5.97 Å². The highest BCUT2D eigenvalue weighted by atomic mass is 16.6. The number of carbonyl (C=O) groups is 2. The van der Waals surface area contributed by atoms with Crippen molar-refractivity contribution in [1.29, 1.82) is 0 Å². The van der Waals surface area contributed by atoms with E-state index in [2.05, 4.69) is 6.92 Å². The van der Waals surface area contributed by atoms with Crippen LogP contribution in [0.3, 0.4) is 0 Å². The van der Waals surface area contributed by atoms with E-state index in [-0.39, 0.29) is 12.7 Å². The third-order valence-corrected chi connectivity index (χ3v) is 5.65. The molecule has 31 heavy (non-hydrogen) atoms. The largest absolute Gasteiger partial charge is 0.456 e. The van der Waals surface area contributed by atoms with Gasteiger partial charge in [0.05, 0.1) is 6.61 Å². The molecule has 0 saturated heterocycles. The molecule has 0 rings (SSSR count). The number of ether oxygens (including phenoxy) is 1. The van der Waals surface area contributed by atoms with E-state index in [1.807, 2.05) is 0 Å². The lowest BCUT2D eigenvalue weighted by molar-refractivity contribution is -0.174. The Labute approximate surface area is 188 Å². The summed E-state index contributed by atoms with van der Waals surface area (Å²) in [6.45, 7) is 1.47. The van der Waals surface area contributed by atoms with Crippen LogP contribution in [0.15, 0.2) is 0 Å². The highest BCUT2D eigenvalue weighted by Gasteiger charge is 2.34. The average molecular weight is 447 g/mol. The predicted octanol–water partition coefficient (Wildman–Crippen LogP) is 3.43. The maximum Gasteiger partial charge on any atom is 0.306 e. The molecule has 0 aliphatic carbocycles. The molecule has 0 aromatic rings. The molecule has 0 saturated carbocycles. The number of esters is 1. The van der Waals surface area contributed by atoms with Gasteiger partial charge in [-0.1, -0.05) is 96.8 Å². The van der Waals surface area contributed by atoms with Crippen LogP contribution in [-0.2, 0) is 14.3 Å². The SMILES string of the molecule is CCCCCCCCCCCCCCCCCC(=O)O[C@H]([C@H](O)[C@H](O)CO)[C@@H](O)C=O. The summed E-state index contributed by atoms with van der Waals surface area (Å²) >= 11 is 0. The Kier molecular flexibility index (Phi) is 20.2. The first-order chi connectivity index (χ1) is 15.0. The van der Waals surface area contributed by atoms with Crippen LogP contribution >= 0.6 is 0 Å². The van der Waals surface area contributed by atoms with Gasteiger partial charge in [0.2, 0.25) is 0 Å². The van der Waals surface area contributed by atoms with Gasteiger partial charge in [0, 0.05) is 6.42 Å². The molecular weight excluding hydrogens is 400 g/mol. The standard InChI is InChI=1S/C24H46O7/c1-2-3-4-5-6-7-8-9-10-11-12-13-14-15-16-17-22(29)31-24(21(28)19-26)23(30)20(27)18-25/h19-21,23-25,27-28,30H,2-18H2,1H3/t20-,21+,23-,24+/m1/s1. The Morgan fingerprint density at radius 3 is 1.58 bits per heavy atom. The first kappa shape index (κ1) is 30.0. The zero-order valence-corrected chi connectivity index (χ0v) is 19.4. The molecule has 0 spiro atoms. The zero-order valence-electron chi connectivity index (χ0n) is 19.4. The van der Waals surface area contributed by atoms with E-state index >= 15 is 0 Å². The smallest absolute Gasteiger partial charge is 0.306 e. The van der Waals surface area contributed by atoms with Crippen molar-refractivity contribution in [2.75, 3.05) is 6.61 Å². The van der Waals surface area contributed by atoms with Crippen LogP contribution in [0, 0.1) is 0 Å². The van der Waals surface area contributed by atoms with Crippen LogP contribution in [0.5, 0.6) is 0 Å². The molecule has 0 amide bonds. The van der Waals surface area contributed by atoms with Crippen LogP contribution in [0.1, 0.15) is 110 Å². The molecule has 0 fully saturated rings. The Bertz CT molecular complexity index is 430. The van der Waals surface area contributed by atoms with Gasteiger partial charge in [-0.2, -0.15) is 0 Å². The molecule has 7 heteroatoms. The fourth-order valence-corrected chi connectivity index (χ4v) is 3.60. The first-order valence-electron chi connectivity index (χ1n) is 12.3. The second-order valence-corrected chi connectivity index (χ2v) is 8.52. The number of hydrogen-bond donors (Lipinski definition) is 4. The van der Waals surface area contributed by atoms with E-state index in [1.54, 1.807) is 0 Å². The molecule has 0 unspecified atom stereocenters. The summed E-state index contributed by atoms with van der Waals surface area (Å²) in [6.07, 6.45) is 11.8. The second kappa shape index (κ2) is 20.9. The van der Waals surface area contributed by atoms with E-state index in [4.69, 9.17) is 9.84 Å². The molecule has 0 heterocycles. The summed E-state index contributed by atoms with van der Waals surface area (Å²) in [7, 11) is 0. The van der Waals surface area contributed by atoms with Gasteiger partial charge in [0.1, 0.15) is 18.3 Å². The minimum absolute atomic E-state index is 0.113. The number of aliphatic hydroxyl groups excluding tert-OH is 4. The van der Waals surface area contributed by atoms with E-state index in [0.29, 0.717) is 6.42 Å². The number of rotatable bonds is 22. The van der Waals surface area contributed by atoms with E-state index < -0.39 is 37.0 Å². The van der Waals surface area contributed by atoms with E-state index in [0.717, 1.165) is 19.3 Å². The first-order valence-corrected chi connectivity index (χ1v) is 12.3. The molecule has 0 aromatic carbocycles. The minimum atomic E-state index is -1.76. The third kappa shape index (κ3) is 16.3. The maximum atomic E-state index is 11.9. The van der Waals surface area contributed by atoms with Crippen molar-refractivity contribution in [1.82, 2.24) is 0 Å². The Balaban J connectivity index is 3.69. The van der Waals surface area contributed by atoms with Crippen molar-refractivity contribution >= 4 is 12.3 Å². The van der Waals surface area contributed by atoms with Crippen molar-refractivity contribution < 1.29 is 34.8 Å². The number of unbranched alkanes of at least 4 members (excludes halogenated alkanes) is 14. The monoisotopic (exact) mass is 446 g/mol. The third-order valence-electron chi connectivity index (χ3n) is 5.65. The van der Waals surface area contributed by atoms with Crippen molar-refractivity contribution in [2.45, 2.75) is 134 Å². The normalized spacial score (nSPS) is 15.3. The summed E-state index contributed by atoms with van der Waals surface area (Å²) < 4.78 is 4.97. The highest BCUT2D eigenvalue weighted by molar-refractivity contribution is 5.70. The summed E-state index contributed by atoms with van der Waals surface area (Å²) in [5.74, 6) is -0.648. The molecule has 0 aromatic heterocycles. The lowest BCUT2D eigenvalue weighted by Gasteiger charge is -2.27. The number of aldehydes is 1. The van der Waals surface area contributed by atoms with Crippen LogP contribution in [0.25, 0.3) is 0 Å². The lowest BCUT2D eigenvalue weighted by Crippen LogP contribution is -2.48. The Hall–Kier alpha value is -1.02. The van der Waals surface area contributed by atoms with Crippen LogP contribution in [-0.4, -0.2) is 63.7 Å². The Morgan fingerprint density at radius 1 is 0.774 bits per heavy atom. The fraction of sp³-hybridized carbons (Fsp3) is 0.917. The molecule has 7 nitrogen and oxygen atoms in total. The summed E-state index contributed by atoms with van der Waals surface area (Å²) in [4.78, 5) is 22.7. The van der Waals surface area contributed by atoms with Crippen LogP contribution < -0.4 is 0 Å². The number of aliphatic hydroxyl groups is 4. The maximum absolute atomic E-state index is 11.9. The molecule has 0 bridgehead atoms. The van der Waals surface area contributed by atoms with Crippen molar-refractivity contribution in [3.63, 3.8) is 0 Å². The Morgan fingerprint density at radius 2 is 1.19 bits per heavy atom. The van der Waals surface area contributed by atoms with Gasteiger partial charge in [-0.15, -0.1) is 0 Å². The van der Waals surface area contributed by atoms with E-state index in [1.165, 1.54) is 70.6 Å². The van der Waals surface area contributed by atoms with Gasteiger partial charge < -0.3 is 30.0 Å². The second-order valence-electron chi connectivity index (χ2n) is 8.52. The minimum Gasteiger partial charge on any atom is -0.456 e. The molecule has 0 aliphatic rings. The predicted molar refractivity (Wildman–Crippen MR) is 121 cm³/mol. The van der Waals surface area contributed by atoms with E-state index in [9.17, 15) is 24.9 Å². The molecule has 184 valence electrons. The van der Waals surface area contributed by atoms with Crippen molar-refractivity contribution in [2.24, 2.45) is 0 Å². The zero-order chi connectivity index (χ0) is 23.3. The molecule has 0 radical (unpaired) electrons. The number of hydrogen-bond acceptors (Lipinski definition) is 7. The molecule has 0 aliphatic heterocycles. The van der Waals surface area contributed by atoms with Gasteiger partial charge in [-0.05, 0) is 6.42 Å². The van der Waals surface area contributed by atoms with Gasteiger partial charge in [0.25, 0.3) is 0 Å². The quantitative estimate of drug-likeness (QED) is 0.114. The molecule has 4 N–H and O–H groups in total. The topological polar surface area (TPSA) is 124 Å². The van der Waals surface area contributed by atoms with Gasteiger partial charge in [-0.25, -0.2) is 0 Å². The lowest BCUT2D eigenvalue weighted by atomic mass is 10.0. The fourth-order valence-electron chi connectivity index (χ4n) is 3.60. The molecular formula is C24H46O7. The van der Waals surface area contributed by atoms with Crippen molar-refractivity contribution in [3.8, 4) is 0 Å². The summed E-state index contributed by atoms with van der Waals surface area (Å²) in [5, 5.41) is 37.7. The summed E-state index contributed by atoms with van der Waals surface area (Å²) in [6, 6.07) is 0. The summed E-state index contributed by atoms with van der Waals surface area (Å²) in [5.41, 5.74) is 0. The van der Waals surface area contributed by atoms with Crippen LogP contribution in [0.4, 0.5) is 0 Å². The van der Waals surface area contributed by atoms with Gasteiger partial charge in [-0.3, -0.25) is 4.79 Å².